The quantitative estimate of drug-likeness (QED) is 0.903. The molecule has 1 N–H and O–H groups in total. The lowest BCUT2D eigenvalue weighted by Gasteiger charge is -2.28. The Kier molecular flexibility index (Phi) is 4.60. The average molecular weight is 286 g/mol. The highest BCUT2D eigenvalue weighted by Crippen LogP contribution is 2.30. The summed E-state index contributed by atoms with van der Waals surface area (Å²) in [4.78, 5) is 11.7. The fourth-order valence-corrected chi connectivity index (χ4v) is 2.17. The molecular weight excluding hydrogens is 268 g/mol. The Morgan fingerprint density at radius 2 is 1.90 bits per heavy atom. The Balaban J connectivity index is 2.19. The zero-order valence-electron chi connectivity index (χ0n) is 12.1. The molecule has 0 saturated carbocycles. The average Bonchev–Trinajstić information content (AvgIpc) is 2.50. The number of ether oxygens (including phenoxy) is 2. The lowest BCUT2D eigenvalue weighted by molar-refractivity contribution is -0.115. The van der Waals surface area contributed by atoms with E-state index < -0.39 is 5.60 Å². The first kappa shape index (κ1) is 15.1. The van der Waals surface area contributed by atoms with E-state index in [-0.39, 0.29) is 23.7 Å². The van der Waals surface area contributed by atoms with E-state index in [4.69, 9.17) is 9.47 Å². The van der Waals surface area contributed by atoms with Crippen LogP contribution in [0.5, 0.6) is 0 Å². The fraction of sp³-hybridized carbons (Fsp3) is 0.235. The van der Waals surface area contributed by atoms with Crippen molar-refractivity contribution in [1.29, 1.82) is 0 Å². The highest BCUT2D eigenvalue weighted by molar-refractivity contribution is 6.04. The van der Waals surface area contributed by atoms with Crippen LogP contribution in [0.25, 0.3) is 6.08 Å². The molecule has 0 aliphatic heterocycles. The minimum absolute atomic E-state index is 0.117. The summed E-state index contributed by atoms with van der Waals surface area (Å²) in [6.07, 6.45) is 6.67. The van der Waals surface area contributed by atoms with Crippen molar-refractivity contribution in [2.45, 2.75) is 12.0 Å². The van der Waals surface area contributed by atoms with Crippen LogP contribution < -0.4 is 0 Å². The lowest BCUT2D eigenvalue weighted by atomic mass is 9.90. The van der Waals surface area contributed by atoms with E-state index in [1.807, 2.05) is 42.5 Å². The summed E-state index contributed by atoms with van der Waals surface area (Å²) in [6.45, 7) is 0. The first-order valence-corrected chi connectivity index (χ1v) is 6.60. The van der Waals surface area contributed by atoms with Crippen LogP contribution >= 0.6 is 0 Å². The molecule has 0 bridgehead atoms. The number of hydrogen-bond donors (Lipinski definition) is 1. The van der Waals surface area contributed by atoms with E-state index >= 15 is 0 Å². The number of aliphatic hydroxyl groups is 1. The summed E-state index contributed by atoms with van der Waals surface area (Å²) in [5.74, 6) is 0.0171. The first-order chi connectivity index (χ1) is 10.1. The number of allylic oxidation sites excluding steroid dienone is 1. The van der Waals surface area contributed by atoms with Crippen LogP contribution in [0, 0.1) is 0 Å². The third-order valence-electron chi connectivity index (χ3n) is 3.28. The van der Waals surface area contributed by atoms with Gasteiger partial charge >= 0.3 is 0 Å². The van der Waals surface area contributed by atoms with Gasteiger partial charge in [0.2, 0.25) is 5.78 Å². The Hall–Kier alpha value is -2.33. The molecule has 1 atom stereocenters. The van der Waals surface area contributed by atoms with Crippen molar-refractivity contribution in [3.8, 4) is 0 Å². The smallest absolute Gasteiger partial charge is 0.223 e. The Morgan fingerprint density at radius 1 is 1.19 bits per heavy atom. The molecule has 0 unspecified atom stereocenters. The zero-order chi connectivity index (χ0) is 15.3. The van der Waals surface area contributed by atoms with Crippen LogP contribution in [0.2, 0.25) is 0 Å². The predicted molar refractivity (Wildman–Crippen MR) is 80.2 cm³/mol. The van der Waals surface area contributed by atoms with Crippen molar-refractivity contribution in [2.75, 3.05) is 14.2 Å². The number of ketones is 1. The number of carbonyl (C=O) groups excluding carboxylic acids is 1. The highest BCUT2D eigenvalue weighted by Gasteiger charge is 2.36. The van der Waals surface area contributed by atoms with Gasteiger partial charge in [-0.15, -0.1) is 0 Å². The summed E-state index contributed by atoms with van der Waals surface area (Å²) in [6, 6.07) is 9.76. The number of carbonyl (C=O) groups is 1. The summed E-state index contributed by atoms with van der Waals surface area (Å²) >= 11 is 0. The van der Waals surface area contributed by atoms with E-state index in [1.165, 1.54) is 26.4 Å². The van der Waals surface area contributed by atoms with Crippen LogP contribution in [0.15, 0.2) is 60.1 Å². The molecule has 1 aromatic carbocycles. The molecule has 0 fully saturated rings. The molecule has 0 heterocycles. The number of hydrogen-bond acceptors (Lipinski definition) is 4. The SMILES string of the molecule is COC1=C[C@](O)(CC=Cc2ccccc2)C(OC)=CC1=O. The van der Waals surface area contributed by atoms with E-state index in [1.54, 1.807) is 0 Å². The molecular formula is C17H18O4. The van der Waals surface area contributed by atoms with Crippen molar-refractivity contribution in [1.82, 2.24) is 0 Å². The minimum atomic E-state index is -1.38. The minimum Gasteiger partial charge on any atom is -0.498 e. The van der Waals surface area contributed by atoms with Gasteiger partial charge in [-0.2, -0.15) is 0 Å². The van der Waals surface area contributed by atoms with Gasteiger partial charge in [-0.1, -0.05) is 42.5 Å². The maximum absolute atomic E-state index is 11.7. The molecule has 1 aliphatic rings. The molecule has 4 nitrogen and oxygen atoms in total. The molecule has 0 amide bonds. The Labute approximate surface area is 124 Å². The summed E-state index contributed by atoms with van der Waals surface area (Å²) in [7, 11) is 2.83. The van der Waals surface area contributed by atoms with E-state index in [9.17, 15) is 9.90 Å². The van der Waals surface area contributed by atoms with Gasteiger partial charge in [-0.25, -0.2) is 0 Å². The van der Waals surface area contributed by atoms with Crippen LogP contribution in [0.1, 0.15) is 12.0 Å². The maximum atomic E-state index is 11.7. The molecule has 4 heteroatoms. The standard InChI is InChI=1S/C17H18O4/c1-20-15-12-17(19,16(21-2)11-14(15)18)10-6-9-13-7-4-3-5-8-13/h3-9,11-12,19H,10H2,1-2H3/t17-/m1/s1. The van der Waals surface area contributed by atoms with E-state index in [0.717, 1.165) is 5.56 Å². The van der Waals surface area contributed by atoms with Gasteiger partial charge in [0.1, 0.15) is 11.4 Å². The molecule has 1 aromatic rings. The zero-order valence-corrected chi connectivity index (χ0v) is 12.1. The molecule has 110 valence electrons. The predicted octanol–water partition coefficient (Wildman–Crippen LogP) is 2.46. The third kappa shape index (κ3) is 3.41. The van der Waals surface area contributed by atoms with Crippen LogP contribution in [-0.4, -0.2) is 30.7 Å². The summed E-state index contributed by atoms with van der Waals surface area (Å²) < 4.78 is 10.1. The normalized spacial score (nSPS) is 22.0. The molecule has 2 rings (SSSR count). The van der Waals surface area contributed by atoms with Gasteiger partial charge in [0, 0.05) is 18.6 Å². The maximum Gasteiger partial charge on any atom is 0.223 e. The van der Waals surface area contributed by atoms with Gasteiger partial charge in [-0.3, -0.25) is 4.79 Å². The molecule has 0 aromatic heterocycles. The van der Waals surface area contributed by atoms with Gasteiger partial charge in [0.05, 0.1) is 14.2 Å². The van der Waals surface area contributed by atoms with Crippen LogP contribution in [-0.2, 0) is 14.3 Å². The number of methoxy groups -OCH3 is 2. The second-order valence-corrected chi connectivity index (χ2v) is 4.73. The summed E-state index contributed by atoms with van der Waals surface area (Å²) in [5.41, 5.74) is -0.342. The van der Waals surface area contributed by atoms with Crippen molar-refractivity contribution in [3.05, 3.63) is 65.6 Å². The number of benzene rings is 1. The van der Waals surface area contributed by atoms with Crippen molar-refractivity contribution >= 4 is 11.9 Å². The topological polar surface area (TPSA) is 55.8 Å². The molecule has 0 saturated heterocycles. The second kappa shape index (κ2) is 6.41. The van der Waals surface area contributed by atoms with Crippen molar-refractivity contribution in [2.24, 2.45) is 0 Å². The molecule has 1 aliphatic carbocycles. The Morgan fingerprint density at radius 3 is 2.52 bits per heavy atom. The number of rotatable bonds is 5. The molecule has 21 heavy (non-hydrogen) atoms. The van der Waals surface area contributed by atoms with Crippen LogP contribution in [0.3, 0.4) is 0 Å². The molecule has 0 radical (unpaired) electrons. The van der Waals surface area contributed by atoms with Gasteiger partial charge < -0.3 is 14.6 Å². The monoisotopic (exact) mass is 286 g/mol. The van der Waals surface area contributed by atoms with Crippen molar-refractivity contribution in [3.63, 3.8) is 0 Å². The van der Waals surface area contributed by atoms with Crippen LogP contribution in [0.4, 0.5) is 0 Å². The van der Waals surface area contributed by atoms with Gasteiger partial charge in [-0.05, 0) is 5.56 Å². The second-order valence-electron chi connectivity index (χ2n) is 4.73. The summed E-state index contributed by atoms with van der Waals surface area (Å²) in [5, 5.41) is 10.7. The fourth-order valence-electron chi connectivity index (χ4n) is 2.17. The highest BCUT2D eigenvalue weighted by atomic mass is 16.5. The van der Waals surface area contributed by atoms with Gasteiger partial charge in [0.15, 0.2) is 5.76 Å². The first-order valence-electron chi connectivity index (χ1n) is 6.60. The van der Waals surface area contributed by atoms with E-state index in [0.29, 0.717) is 0 Å². The Bertz CT molecular complexity index is 598. The van der Waals surface area contributed by atoms with Crippen molar-refractivity contribution < 1.29 is 19.4 Å². The lowest BCUT2D eigenvalue weighted by Crippen LogP contribution is -2.34. The molecule has 0 spiro atoms. The largest absolute Gasteiger partial charge is 0.498 e. The third-order valence-corrected chi connectivity index (χ3v) is 3.28. The van der Waals surface area contributed by atoms with E-state index in [2.05, 4.69) is 0 Å². The van der Waals surface area contributed by atoms with Gasteiger partial charge in [0.25, 0.3) is 0 Å².